The molecule has 1 aliphatic carbocycles. The highest BCUT2D eigenvalue weighted by molar-refractivity contribution is 7.80. The van der Waals surface area contributed by atoms with Gasteiger partial charge in [-0.2, -0.15) is 5.10 Å². The average Bonchev–Trinajstić information content (AvgIpc) is 2.95. The molecule has 0 saturated carbocycles. The molecule has 3 N–H and O–H groups in total. The van der Waals surface area contributed by atoms with E-state index in [9.17, 15) is 5.11 Å². The number of fused-ring (bicyclic) bond motifs is 1. The molecule has 1 aliphatic rings. The molecule has 2 aromatic rings. The number of halogens is 2. The number of thiocarbonyl (C=S) groups is 1. The van der Waals surface area contributed by atoms with Crippen molar-refractivity contribution in [3.8, 4) is 5.75 Å². The van der Waals surface area contributed by atoms with Crippen LogP contribution in [0, 0.1) is 0 Å². The van der Waals surface area contributed by atoms with Crippen molar-refractivity contribution in [1.82, 2.24) is 10.7 Å². The van der Waals surface area contributed by atoms with E-state index in [1.54, 1.807) is 6.07 Å². The first-order valence-electron chi connectivity index (χ1n) is 7.40. The number of benzene rings is 2. The summed E-state index contributed by atoms with van der Waals surface area (Å²) in [6.07, 6.45) is 3.45. The highest BCUT2D eigenvalue weighted by atomic mass is 35.5. The van der Waals surface area contributed by atoms with Crippen LogP contribution in [0.5, 0.6) is 5.75 Å². The number of rotatable bonds is 3. The van der Waals surface area contributed by atoms with E-state index in [1.165, 1.54) is 23.4 Å². The van der Waals surface area contributed by atoms with E-state index in [0.717, 1.165) is 12.8 Å². The van der Waals surface area contributed by atoms with Crippen LogP contribution in [0.3, 0.4) is 0 Å². The van der Waals surface area contributed by atoms with E-state index in [2.05, 4.69) is 28.0 Å². The highest BCUT2D eigenvalue weighted by Crippen LogP contribution is 2.31. The van der Waals surface area contributed by atoms with Crippen molar-refractivity contribution in [2.75, 3.05) is 0 Å². The number of nitrogens with zero attached hydrogens (tertiary/aromatic N) is 1. The molecule has 3 rings (SSSR count). The Morgan fingerprint density at radius 2 is 2.08 bits per heavy atom. The standard InChI is InChI=1S/C17H15Cl2N3OS/c18-12-7-11(16(23)14(19)8-12)9-20-22-17(24)21-15-6-5-10-3-1-2-4-13(10)15/h1-4,7-9,15,23H,5-6H2,(H2,21,22,24)/b20-9+. The third-order valence-corrected chi connectivity index (χ3v) is 4.58. The Bertz CT molecular complexity index is 810. The molecular formula is C17H15Cl2N3OS. The van der Waals surface area contributed by atoms with E-state index in [4.69, 9.17) is 35.4 Å². The van der Waals surface area contributed by atoms with Gasteiger partial charge in [-0.1, -0.05) is 47.5 Å². The smallest absolute Gasteiger partial charge is 0.187 e. The van der Waals surface area contributed by atoms with Crippen LogP contribution in [0.15, 0.2) is 41.5 Å². The van der Waals surface area contributed by atoms with E-state index < -0.39 is 0 Å². The lowest BCUT2D eigenvalue weighted by atomic mass is 10.1. The van der Waals surface area contributed by atoms with Gasteiger partial charge in [0.1, 0.15) is 5.75 Å². The zero-order chi connectivity index (χ0) is 17.1. The first kappa shape index (κ1) is 17.0. The van der Waals surface area contributed by atoms with Crippen molar-refractivity contribution < 1.29 is 5.11 Å². The fourth-order valence-corrected chi connectivity index (χ4v) is 3.45. The van der Waals surface area contributed by atoms with E-state index >= 15 is 0 Å². The summed E-state index contributed by atoms with van der Waals surface area (Å²) in [4.78, 5) is 0. The number of aryl methyl sites for hydroxylation is 1. The first-order chi connectivity index (χ1) is 11.5. The molecule has 0 radical (unpaired) electrons. The number of hydrogen-bond donors (Lipinski definition) is 3. The fourth-order valence-electron chi connectivity index (χ4n) is 2.74. The van der Waals surface area contributed by atoms with Crippen LogP contribution in [-0.4, -0.2) is 16.4 Å². The summed E-state index contributed by atoms with van der Waals surface area (Å²) in [5.41, 5.74) is 5.77. The maximum atomic E-state index is 9.87. The Hall–Kier alpha value is -1.82. The Morgan fingerprint density at radius 3 is 2.92 bits per heavy atom. The average molecular weight is 380 g/mol. The minimum absolute atomic E-state index is 0.0739. The molecular weight excluding hydrogens is 365 g/mol. The number of phenols is 1. The lowest BCUT2D eigenvalue weighted by Gasteiger charge is -2.15. The minimum atomic E-state index is -0.0739. The molecule has 0 saturated heterocycles. The van der Waals surface area contributed by atoms with Crippen molar-refractivity contribution in [2.24, 2.45) is 5.10 Å². The lowest BCUT2D eigenvalue weighted by molar-refractivity contribution is 0.474. The number of phenolic OH excluding ortho intramolecular Hbond substituents is 1. The van der Waals surface area contributed by atoms with Crippen molar-refractivity contribution in [3.05, 3.63) is 63.1 Å². The topological polar surface area (TPSA) is 56.7 Å². The second-order valence-electron chi connectivity index (χ2n) is 5.46. The van der Waals surface area contributed by atoms with Gasteiger partial charge in [0.2, 0.25) is 0 Å². The summed E-state index contributed by atoms with van der Waals surface area (Å²) < 4.78 is 0. The van der Waals surface area contributed by atoms with Crippen molar-refractivity contribution in [1.29, 1.82) is 0 Å². The SMILES string of the molecule is Oc1c(Cl)cc(Cl)cc1/C=N/NC(=S)NC1CCc2ccccc21. The van der Waals surface area contributed by atoms with Crippen LogP contribution < -0.4 is 10.7 Å². The second-order valence-corrected chi connectivity index (χ2v) is 6.71. The van der Waals surface area contributed by atoms with Crippen LogP contribution in [0.4, 0.5) is 0 Å². The van der Waals surface area contributed by atoms with Gasteiger partial charge in [-0.15, -0.1) is 0 Å². The molecule has 1 unspecified atom stereocenters. The summed E-state index contributed by atoms with van der Waals surface area (Å²) in [5.74, 6) is -0.0739. The fraction of sp³-hybridized carbons (Fsp3) is 0.176. The van der Waals surface area contributed by atoms with Gasteiger partial charge in [-0.05, 0) is 48.3 Å². The Kier molecular flexibility index (Phi) is 5.23. The number of aromatic hydroxyl groups is 1. The highest BCUT2D eigenvalue weighted by Gasteiger charge is 2.22. The molecule has 0 spiro atoms. The van der Waals surface area contributed by atoms with Crippen molar-refractivity contribution >= 4 is 46.7 Å². The summed E-state index contributed by atoms with van der Waals surface area (Å²) in [6.45, 7) is 0. The van der Waals surface area contributed by atoms with E-state index in [0.29, 0.717) is 15.7 Å². The Balaban J connectivity index is 1.61. The van der Waals surface area contributed by atoms with Gasteiger partial charge in [0.25, 0.3) is 0 Å². The predicted molar refractivity (Wildman–Crippen MR) is 102 cm³/mol. The molecule has 7 heteroatoms. The largest absolute Gasteiger partial charge is 0.506 e. The summed E-state index contributed by atoms with van der Waals surface area (Å²) in [5, 5.41) is 18.2. The van der Waals surface area contributed by atoms with Gasteiger partial charge >= 0.3 is 0 Å². The maximum Gasteiger partial charge on any atom is 0.187 e. The predicted octanol–water partition coefficient (Wildman–Crippen LogP) is 4.18. The molecule has 124 valence electrons. The molecule has 4 nitrogen and oxygen atoms in total. The zero-order valence-corrected chi connectivity index (χ0v) is 14.9. The second kappa shape index (κ2) is 7.38. The summed E-state index contributed by atoms with van der Waals surface area (Å²) in [6, 6.07) is 11.5. The number of hydrazone groups is 1. The summed E-state index contributed by atoms with van der Waals surface area (Å²) in [7, 11) is 0. The molecule has 0 bridgehead atoms. The third-order valence-electron chi connectivity index (χ3n) is 3.87. The number of hydrogen-bond acceptors (Lipinski definition) is 3. The van der Waals surface area contributed by atoms with Crippen LogP contribution in [0.1, 0.15) is 29.2 Å². The maximum absolute atomic E-state index is 9.87. The Labute approximate surface area is 155 Å². The lowest BCUT2D eigenvalue weighted by Crippen LogP contribution is -2.34. The quantitative estimate of drug-likeness (QED) is 0.425. The third kappa shape index (κ3) is 3.80. The molecule has 0 heterocycles. The van der Waals surface area contributed by atoms with Crippen molar-refractivity contribution in [2.45, 2.75) is 18.9 Å². The van der Waals surface area contributed by atoms with Crippen LogP contribution in [0.25, 0.3) is 0 Å². The van der Waals surface area contributed by atoms with Crippen LogP contribution in [-0.2, 0) is 6.42 Å². The molecule has 2 aromatic carbocycles. The van der Waals surface area contributed by atoms with Gasteiger partial charge in [-0.25, -0.2) is 0 Å². The van der Waals surface area contributed by atoms with Gasteiger partial charge in [0, 0.05) is 10.6 Å². The minimum Gasteiger partial charge on any atom is -0.506 e. The molecule has 1 atom stereocenters. The van der Waals surface area contributed by atoms with Gasteiger partial charge in [0.15, 0.2) is 5.11 Å². The molecule has 0 aromatic heterocycles. The molecule has 0 amide bonds. The molecule has 0 aliphatic heterocycles. The van der Waals surface area contributed by atoms with Crippen LogP contribution in [0.2, 0.25) is 10.0 Å². The monoisotopic (exact) mass is 379 g/mol. The normalized spacial score (nSPS) is 16.2. The summed E-state index contributed by atoms with van der Waals surface area (Å²) >= 11 is 17.0. The Morgan fingerprint density at radius 1 is 1.29 bits per heavy atom. The zero-order valence-electron chi connectivity index (χ0n) is 12.6. The van der Waals surface area contributed by atoms with E-state index in [1.807, 2.05) is 12.1 Å². The molecule has 0 fully saturated rings. The van der Waals surface area contributed by atoms with E-state index in [-0.39, 0.29) is 16.8 Å². The van der Waals surface area contributed by atoms with Gasteiger partial charge in [0.05, 0.1) is 17.3 Å². The van der Waals surface area contributed by atoms with Gasteiger partial charge < -0.3 is 10.4 Å². The van der Waals surface area contributed by atoms with Crippen molar-refractivity contribution in [3.63, 3.8) is 0 Å². The van der Waals surface area contributed by atoms with Crippen LogP contribution >= 0.6 is 35.4 Å². The number of nitrogens with one attached hydrogen (secondary N) is 2. The molecule has 24 heavy (non-hydrogen) atoms. The first-order valence-corrected chi connectivity index (χ1v) is 8.56. The van der Waals surface area contributed by atoms with Gasteiger partial charge in [-0.3, -0.25) is 5.43 Å².